The number of nitrogens with one attached hydrogen (secondary N) is 1. The zero-order chi connectivity index (χ0) is 32.9. The van der Waals surface area contributed by atoms with Crippen LogP contribution in [0.1, 0.15) is 51.5 Å². The van der Waals surface area contributed by atoms with Gasteiger partial charge in [0.05, 0.1) is 19.3 Å². The van der Waals surface area contributed by atoms with E-state index in [2.05, 4.69) is 71.8 Å². The van der Waals surface area contributed by atoms with Crippen molar-refractivity contribution in [2.75, 3.05) is 46.9 Å². The summed E-state index contributed by atoms with van der Waals surface area (Å²) in [5.74, 6) is 2.59. The first-order valence-electron chi connectivity index (χ1n) is 16.5. The highest BCUT2D eigenvalue weighted by atomic mass is 32.2. The molecule has 1 aromatic heterocycles. The van der Waals surface area contributed by atoms with Gasteiger partial charge >= 0.3 is 6.09 Å². The number of alkyl carbamates (subject to hydrolysis) is 1. The first kappa shape index (κ1) is 36.0. The molecule has 9 nitrogen and oxygen atoms in total. The third kappa shape index (κ3) is 11.4. The number of carbonyl (C=O) groups is 1. The number of ether oxygens (including phenoxy) is 3. The lowest BCUT2D eigenvalue weighted by Gasteiger charge is -2.23. The highest BCUT2D eigenvalue weighted by molar-refractivity contribution is 7.97. The van der Waals surface area contributed by atoms with Crippen LogP contribution >= 0.6 is 11.9 Å². The molecular formula is C36H52N4O5S. The Morgan fingerprint density at radius 2 is 1.85 bits per heavy atom. The van der Waals surface area contributed by atoms with Gasteiger partial charge in [0.15, 0.2) is 12.1 Å². The van der Waals surface area contributed by atoms with E-state index in [1.807, 2.05) is 44.1 Å². The highest BCUT2D eigenvalue weighted by Gasteiger charge is 2.48. The molecule has 0 radical (unpaired) electrons. The first-order chi connectivity index (χ1) is 22.2. The van der Waals surface area contributed by atoms with Crippen molar-refractivity contribution in [3.63, 3.8) is 0 Å². The van der Waals surface area contributed by atoms with Gasteiger partial charge in [0.1, 0.15) is 6.10 Å². The van der Waals surface area contributed by atoms with Crippen molar-refractivity contribution in [2.24, 2.45) is 17.8 Å². The summed E-state index contributed by atoms with van der Waals surface area (Å²) in [5, 5.41) is 2.95. The van der Waals surface area contributed by atoms with Gasteiger partial charge < -0.3 is 28.8 Å². The minimum absolute atomic E-state index is 0.0899. The van der Waals surface area contributed by atoms with E-state index in [4.69, 9.17) is 18.6 Å². The number of aromatic nitrogens is 1. The third-order valence-corrected chi connectivity index (χ3v) is 9.02. The lowest BCUT2D eigenvalue weighted by atomic mass is 9.98. The van der Waals surface area contributed by atoms with Crippen LogP contribution in [0.4, 0.5) is 4.79 Å². The van der Waals surface area contributed by atoms with E-state index in [0.717, 1.165) is 43.7 Å². The summed E-state index contributed by atoms with van der Waals surface area (Å²) in [6.45, 7) is 12.8. The fourth-order valence-electron chi connectivity index (χ4n) is 5.80. The van der Waals surface area contributed by atoms with Gasteiger partial charge in [-0.3, -0.25) is 0 Å². The second kappa shape index (κ2) is 18.4. The van der Waals surface area contributed by atoms with Gasteiger partial charge in [-0.05, 0) is 77.2 Å². The molecule has 0 spiro atoms. The molecule has 252 valence electrons. The van der Waals surface area contributed by atoms with E-state index in [9.17, 15) is 4.79 Å². The molecule has 2 fully saturated rings. The molecule has 2 aliphatic rings. The fraction of sp³-hybridized carbons (Fsp3) is 0.556. The highest BCUT2D eigenvalue weighted by Crippen LogP contribution is 2.42. The topological polar surface area (TPSA) is 89.3 Å². The Kier molecular flexibility index (Phi) is 14.4. The summed E-state index contributed by atoms with van der Waals surface area (Å²) in [5.41, 5.74) is 2.34. The molecule has 2 heterocycles. The van der Waals surface area contributed by atoms with Crippen molar-refractivity contribution in [1.29, 1.82) is 0 Å². The fourth-order valence-corrected chi connectivity index (χ4v) is 6.95. The van der Waals surface area contributed by atoms with Gasteiger partial charge in [-0.25, -0.2) is 14.1 Å². The molecule has 10 heteroatoms. The number of fused-ring (bicyclic) bond motifs is 1. The SMILES string of the molecule is CCOC1OCC2C(OC(=O)NCCCN(CC(C)C)Sc3ccc(-c4cnc(CN(C)C)o4)cc3)CCC12.Cc1ccccc1. The van der Waals surface area contributed by atoms with Crippen molar-refractivity contribution >= 4 is 18.0 Å². The molecule has 4 unspecified atom stereocenters. The van der Waals surface area contributed by atoms with Gasteiger partial charge in [0.25, 0.3) is 0 Å². The van der Waals surface area contributed by atoms with Crippen molar-refractivity contribution in [3.8, 4) is 11.3 Å². The molecule has 46 heavy (non-hydrogen) atoms. The molecule has 1 amide bonds. The summed E-state index contributed by atoms with van der Waals surface area (Å²) < 4.78 is 25.5. The van der Waals surface area contributed by atoms with Gasteiger partial charge in [-0.2, -0.15) is 0 Å². The number of carbonyl (C=O) groups excluding carboxylic acids is 1. The molecule has 1 saturated carbocycles. The summed E-state index contributed by atoms with van der Waals surface area (Å²) in [4.78, 5) is 20.0. The lowest BCUT2D eigenvalue weighted by molar-refractivity contribution is -0.128. The smallest absolute Gasteiger partial charge is 0.407 e. The predicted molar refractivity (Wildman–Crippen MR) is 183 cm³/mol. The van der Waals surface area contributed by atoms with Crippen molar-refractivity contribution < 1.29 is 23.4 Å². The number of nitrogens with zero attached hydrogens (tertiary/aromatic N) is 3. The maximum Gasteiger partial charge on any atom is 0.407 e. The summed E-state index contributed by atoms with van der Waals surface area (Å²) in [6.07, 6.45) is 3.90. The van der Waals surface area contributed by atoms with Crippen LogP contribution in [-0.4, -0.2) is 79.6 Å². The summed E-state index contributed by atoms with van der Waals surface area (Å²) >= 11 is 1.74. The molecule has 4 atom stereocenters. The number of aryl methyl sites for hydroxylation is 1. The Labute approximate surface area is 279 Å². The second-order valence-electron chi connectivity index (χ2n) is 12.7. The minimum atomic E-state index is -0.333. The van der Waals surface area contributed by atoms with Crippen LogP contribution < -0.4 is 5.32 Å². The molecule has 1 aliphatic carbocycles. The minimum Gasteiger partial charge on any atom is -0.446 e. The average Bonchev–Trinajstić information content (AvgIpc) is 3.75. The van der Waals surface area contributed by atoms with E-state index < -0.39 is 0 Å². The van der Waals surface area contributed by atoms with Crippen LogP contribution in [0.2, 0.25) is 0 Å². The maximum absolute atomic E-state index is 12.5. The lowest BCUT2D eigenvalue weighted by Crippen LogP contribution is -2.34. The average molecular weight is 653 g/mol. The van der Waals surface area contributed by atoms with Crippen LogP contribution in [-0.2, 0) is 20.8 Å². The molecule has 2 aromatic carbocycles. The molecule has 1 saturated heterocycles. The number of oxazole rings is 1. The van der Waals surface area contributed by atoms with Crippen LogP contribution in [0.3, 0.4) is 0 Å². The Bertz CT molecular complexity index is 1300. The normalized spacial score (nSPS) is 20.5. The quantitative estimate of drug-likeness (QED) is 0.143. The van der Waals surface area contributed by atoms with Gasteiger partial charge in [-0.1, -0.05) is 61.9 Å². The zero-order valence-corrected chi connectivity index (χ0v) is 29.1. The maximum atomic E-state index is 12.5. The van der Waals surface area contributed by atoms with Gasteiger partial charge in [-0.15, -0.1) is 0 Å². The number of hydrogen-bond donors (Lipinski definition) is 1. The Balaban J connectivity index is 0.000000606. The summed E-state index contributed by atoms with van der Waals surface area (Å²) in [7, 11) is 3.99. The number of rotatable bonds is 14. The monoisotopic (exact) mass is 652 g/mol. The number of hydrogen-bond acceptors (Lipinski definition) is 9. The Morgan fingerprint density at radius 1 is 1.09 bits per heavy atom. The number of amides is 1. The predicted octanol–water partition coefficient (Wildman–Crippen LogP) is 7.27. The summed E-state index contributed by atoms with van der Waals surface area (Å²) in [6, 6.07) is 18.7. The van der Waals surface area contributed by atoms with E-state index in [-0.39, 0.29) is 24.4 Å². The van der Waals surface area contributed by atoms with E-state index in [1.165, 1.54) is 10.5 Å². The largest absolute Gasteiger partial charge is 0.446 e. The van der Waals surface area contributed by atoms with Crippen LogP contribution in [0.5, 0.6) is 0 Å². The Morgan fingerprint density at radius 3 is 2.50 bits per heavy atom. The van der Waals surface area contributed by atoms with Crippen molar-refractivity contribution in [2.45, 2.75) is 70.8 Å². The molecule has 1 N–H and O–H groups in total. The van der Waals surface area contributed by atoms with Gasteiger partial charge in [0, 0.05) is 48.5 Å². The standard InChI is InChI=1S/C29H44N4O5S.C7H8/c1-6-35-28-23-12-13-25(24(23)19-36-28)38-29(34)30-14-7-15-33(17-20(2)3)39-22-10-8-21(9-11-22)26-16-31-27(37-26)18-32(4)5;1-7-5-3-2-4-6-7/h8-11,16,20,23-25,28H,6-7,12-15,17-19H2,1-5H3,(H,30,34);2-6H,1H3. The van der Waals surface area contributed by atoms with Crippen LogP contribution in [0.15, 0.2) is 70.1 Å². The van der Waals surface area contributed by atoms with Crippen molar-refractivity contribution in [3.05, 3.63) is 72.2 Å². The third-order valence-electron chi connectivity index (χ3n) is 7.95. The molecule has 0 bridgehead atoms. The number of benzene rings is 2. The van der Waals surface area contributed by atoms with E-state index in [0.29, 0.717) is 44.0 Å². The second-order valence-corrected chi connectivity index (χ2v) is 13.9. The van der Waals surface area contributed by atoms with E-state index in [1.54, 1.807) is 18.1 Å². The van der Waals surface area contributed by atoms with Crippen LogP contribution in [0.25, 0.3) is 11.3 Å². The molecule has 5 rings (SSSR count). The zero-order valence-electron chi connectivity index (χ0n) is 28.3. The Hall–Kier alpha value is -2.89. The van der Waals surface area contributed by atoms with Gasteiger partial charge in [0.2, 0.25) is 5.89 Å². The molecule has 3 aromatic rings. The van der Waals surface area contributed by atoms with E-state index >= 15 is 0 Å². The molecular weight excluding hydrogens is 600 g/mol. The molecule has 1 aliphatic heterocycles. The van der Waals surface area contributed by atoms with Crippen LogP contribution in [0, 0.1) is 24.7 Å². The first-order valence-corrected chi connectivity index (χ1v) is 17.3. The van der Waals surface area contributed by atoms with Crippen molar-refractivity contribution in [1.82, 2.24) is 19.5 Å².